The van der Waals surface area contributed by atoms with E-state index in [1.807, 2.05) is 32.0 Å². The van der Waals surface area contributed by atoms with Gasteiger partial charge in [-0.2, -0.15) is 5.10 Å². The van der Waals surface area contributed by atoms with Gasteiger partial charge in [0.15, 0.2) is 5.69 Å². The number of aromatic amines is 1. The van der Waals surface area contributed by atoms with Crippen molar-refractivity contribution >= 4 is 22.4 Å². The summed E-state index contributed by atoms with van der Waals surface area (Å²) in [7, 11) is 0. The number of aryl methyl sites for hydroxylation is 1. The molecule has 110 valence electrons. The van der Waals surface area contributed by atoms with Crippen molar-refractivity contribution in [2.75, 3.05) is 5.32 Å². The summed E-state index contributed by atoms with van der Waals surface area (Å²) in [5.74, 6) is -0.346. The number of rotatable bonds is 2. The molecule has 0 saturated heterocycles. The smallest absolute Gasteiger partial charge is 0.276 e. The Hall–Kier alpha value is -2.95. The van der Waals surface area contributed by atoms with E-state index < -0.39 is 0 Å². The van der Waals surface area contributed by atoms with Crippen molar-refractivity contribution in [3.05, 3.63) is 69.6 Å². The summed E-state index contributed by atoms with van der Waals surface area (Å²) in [4.78, 5) is 24.3. The number of carbonyl (C=O) groups excluding carboxylic acids is 1. The first-order chi connectivity index (χ1) is 10.6. The van der Waals surface area contributed by atoms with Gasteiger partial charge in [-0.25, -0.2) is 5.10 Å². The van der Waals surface area contributed by atoms with Crippen LogP contribution >= 0.6 is 0 Å². The summed E-state index contributed by atoms with van der Waals surface area (Å²) >= 11 is 0. The Bertz CT molecular complexity index is 929. The van der Waals surface area contributed by atoms with Gasteiger partial charge >= 0.3 is 0 Å². The van der Waals surface area contributed by atoms with Crippen molar-refractivity contribution in [3.8, 4) is 0 Å². The molecule has 1 aromatic heterocycles. The van der Waals surface area contributed by atoms with E-state index in [1.165, 1.54) is 0 Å². The summed E-state index contributed by atoms with van der Waals surface area (Å²) in [5, 5.41) is 10.1. The number of amides is 1. The number of H-pyrrole nitrogens is 1. The Labute approximate surface area is 127 Å². The highest BCUT2D eigenvalue weighted by Crippen LogP contribution is 2.20. The minimum absolute atomic E-state index is 0.205. The molecule has 5 heteroatoms. The van der Waals surface area contributed by atoms with Crippen molar-refractivity contribution in [3.63, 3.8) is 0 Å². The third-order valence-electron chi connectivity index (χ3n) is 3.76. The molecule has 0 atom stereocenters. The number of nitrogens with one attached hydrogen (secondary N) is 2. The van der Waals surface area contributed by atoms with Gasteiger partial charge in [-0.1, -0.05) is 30.3 Å². The number of benzene rings is 2. The first kappa shape index (κ1) is 14.0. The Kier molecular flexibility index (Phi) is 3.47. The van der Waals surface area contributed by atoms with Crippen LogP contribution in [0.15, 0.2) is 47.3 Å². The van der Waals surface area contributed by atoms with E-state index in [4.69, 9.17) is 0 Å². The van der Waals surface area contributed by atoms with E-state index in [9.17, 15) is 9.59 Å². The lowest BCUT2D eigenvalue weighted by Gasteiger charge is -2.10. The van der Waals surface area contributed by atoms with Gasteiger partial charge in [-0.3, -0.25) is 9.59 Å². The van der Waals surface area contributed by atoms with Gasteiger partial charge in [0.1, 0.15) is 0 Å². The fourth-order valence-corrected chi connectivity index (χ4v) is 2.36. The molecule has 3 aromatic rings. The Morgan fingerprint density at radius 1 is 1.05 bits per heavy atom. The average Bonchev–Trinajstić information content (AvgIpc) is 2.52. The second-order valence-corrected chi connectivity index (χ2v) is 5.15. The molecule has 0 aliphatic heterocycles. The third kappa shape index (κ3) is 2.37. The quantitative estimate of drug-likeness (QED) is 0.763. The molecule has 0 unspecified atom stereocenters. The van der Waals surface area contributed by atoms with Gasteiger partial charge in [-0.05, 0) is 37.1 Å². The first-order valence-corrected chi connectivity index (χ1v) is 6.93. The zero-order chi connectivity index (χ0) is 15.7. The molecule has 2 N–H and O–H groups in total. The van der Waals surface area contributed by atoms with Crippen molar-refractivity contribution in [1.29, 1.82) is 0 Å². The Morgan fingerprint density at radius 3 is 2.55 bits per heavy atom. The number of nitrogens with zero attached hydrogens (tertiary/aromatic N) is 1. The third-order valence-corrected chi connectivity index (χ3v) is 3.76. The number of anilines is 1. The summed E-state index contributed by atoms with van der Waals surface area (Å²) in [6, 6.07) is 12.6. The van der Waals surface area contributed by atoms with Crippen molar-refractivity contribution in [2.24, 2.45) is 0 Å². The molecule has 1 amide bonds. The first-order valence-electron chi connectivity index (χ1n) is 6.93. The second kappa shape index (κ2) is 5.44. The molecule has 0 aliphatic carbocycles. The molecule has 0 radical (unpaired) electrons. The van der Waals surface area contributed by atoms with Crippen LogP contribution in [-0.4, -0.2) is 16.1 Å². The van der Waals surface area contributed by atoms with E-state index in [0.29, 0.717) is 10.8 Å². The predicted octanol–water partition coefficient (Wildman–Crippen LogP) is 2.79. The molecule has 2 aromatic carbocycles. The van der Waals surface area contributed by atoms with Gasteiger partial charge < -0.3 is 5.32 Å². The monoisotopic (exact) mass is 293 g/mol. The molecule has 1 heterocycles. The zero-order valence-electron chi connectivity index (χ0n) is 12.3. The largest absolute Gasteiger partial charge is 0.320 e. The lowest BCUT2D eigenvalue weighted by molar-refractivity contribution is 0.102. The van der Waals surface area contributed by atoms with E-state index in [2.05, 4.69) is 15.5 Å². The van der Waals surface area contributed by atoms with Crippen LogP contribution in [-0.2, 0) is 0 Å². The number of carbonyl (C=O) groups is 1. The van der Waals surface area contributed by atoms with Crippen molar-refractivity contribution < 1.29 is 4.79 Å². The maximum Gasteiger partial charge on any atom is 0.276 e. The Morgan fingerprint density at radius 2 is 1.77 bits per heavy atom. The van der Waals surface area contributed by atoms with Gasteiger partial charge in [0.2, 0.25) is 0 Å². The highest BCUT2D eigenvalue weighted by molar-refractivity contribution is 6.11. The van der Waals surface area contributed by atoms with Crippen molar-refractivity contribution in [1.82, 2.24) is 10.2 Å². The normalized spacial score (nSPS) is 10.6. The summed E-state index contributed by atoms with van der Waals surface area (Å²) < 4.78 is 0. The van der Waals surface area contributed by atoms with Crippen LogP contribution in [0.4, 0.5) is 5.69 Å². The predicted molar refractivity (Wildman–Crippen MR) is 86.2 cm³/mol. The zero-order valence-corrected chi connectivity index (χ0v) is 12.3. The van der Waals surface area contributed by atoms with Crippen LogP contribution in [0.2, 0.25) is 0 Å². The van der Waals surface area contributed by atoms with Gasteiger partial charge in [-0.15, -0.1) is 0 Å². The summed E-state index contributed by atoms with van der Waals surface area (Å²) in [5.41, 5.74) is 2.73. The van der Waals surface area contributed by atoms with E-state index in [-0.39, 0.29) is 17.2 Å². The fraction of sp³-hybridized carbons (Fsp3) is 0.118. The highest BCUT2D eigenvalue weighted by atomic mass is 16.2. The topological polar surface area (TPSA) is 74.8 Å². The lowest BCUT2D eigenvalue weighted by Crippen LogP contribution is -2.19. The lowest BCUT2D eigenvalue weighted by atomic mass is 10.1. The van der Waals surface area contributed by atoms with Crippen molar-refractivity contribution in [2.45, 2.75) is 13.8 Å². The van der Waals surface area contributed by atoms with E-state index >= 15 is 0 Å². The van der Waals surface area contributed by atoms with Crippen LogP contribution in [0.5, 0.6) is 0 Å². The number of aromatic nitrogens is 2. The second-order valence-electron chi connectivity index (χ2n) is 5.15. The molecule has 0 fully saturated rings. The Balaban J connectivity index is 2.05. The number of hydrogen-bond acceptors (Lipinski definition) is 3. The fourth-order valence-electron chi connectivity index (χ4n) is 2.36. The van der Waals surface area contributed by atoms with Crippen LogP contribution in [0.25, 0.3) is 10.8 Å². The molecule has 0 aliphatic rings. The van der Waals surface area contributed by atoms with E-state index in [0.717, 1.165) is 16.8 Å². The summed E-state index contributed by atoms with van der Waals surface area (Å²) in [6.07, 6.45) is 0. The highest BCUT2D eigenvalue weighted by Gasteiger charge is 2.15. The van der Waals surface area contributed by atoms with Gasteiger partial charge in [0.25, 0.3) is 11.5 Å². The minimum Gasteiger partial charge on any atom is -0.320 e. The van der Waals surface area contributed by atoms with Gasteiger partial charge in [0.05, 0.1) is 5.39 Å². The summed E-state index contributed by atoms with van der Waals surface area (Å²) in [6.45, 7) is 3.93. The molecule has 22 heavy (non-hydrogen) atoms. The van der Waals surface area contributed by atoms with Crippen LogP contribution in [0, 0.1) is 13.8 Å². The molecular formula is C17H15N3O2. The number of fused-ring (bicyclic) bond motifs is 1. The SMILES string of the molecule is Cc1cccc(NC(=O)c2n[nH]c(=O)c3ccccc23)c1C. The maximum absolute atomic E-state index is 12.5. The molecule has 0 bridgehead atoms. The standard InChI is InChI=1S/C17H15N3O2/c1-10-6-5-9-14(11(10)2)18-17(22)15-12-7-3-4-8-13(12)16(21)20-19-15/h3-9H,1-2H3,(H,18,22)(H,20,21). The van der Waals surface area contributed by atoms with Crippen LogP contribution < -0.4 is 10.9 Å². The maximum atomic E-state index is 12.5. The van der Waals surface area contributed by atoms with Crippen LogP contribution in [0.1, 0.15) is 21.6 Å². The molecule has 5 nitrogen and oxygen atoms in total. The molecule has 0 spiro atoms. The van der Waals surface area contributed by atoms with E-state index in [1.54, 1.807) is 24.3 Å². The van der Waals surface area contributed by atoms with Gasteiger partial charge in [0, 0.05) is 11.1 Å². The number of hydrogen-bond donors (Lipinski definition) is 2. The van der Waals surface area contributed by atoms with Crippen LogP contribution in [0.3, 0.4) is 0 Å². The average molecular weight is 293 g/mol. The molecular weight excluding hydrogens is 278 g/mol. The molecule has 0 saturated carbocycles. The minimum atomic E-state index is -0.346. The molecule has 3 rings (SSSR count).